The highest BCUT2D eigenvalue weighted by molar-refractivity contribution is 7.84. The van der Waals surface area contributed by atoms with Gasteiger partial charge in [-0.2, -0.15) is 0 Å². The summed E-state index contributed by atoms with van der Waals surface area (Å²) in [5.41, 5.74) is 0. The highest BCUT2D eigenvalue weighted by Crippen LogP contribution is 1.84. The van der Waals surface area contributed by atoms with Crippen molar-refractivity contribution in [3.8, 4) is 0 Å². The van der Waals surface area contributed by atoms with Crippen molar-refractivity contribution in [2.45, 2.75) is 13.1 Å². The van der Waals surface area contributed by atoms with E-state index >= 15 is 0 Å². The molecule has 0 radical (unpaired) electrons. The third-order valence-electron chi connectivity index (χ3n) is 1.43. The van der Waals surface area contributed by atoms with Crippen molar-refractivity contribution in [3.05, 3.63) is 44.0 Å². The van der Waals surface area contributed by atoms with E-state index < -0.39 is 10.1 Å². The maximum atomic E-state index is 9.08. The number of nitrogens with zero attached hydrogens (tertiary/aromatic N) is 2. The van der Waals surface area contributed by atoms with Gasteiger partial charge in [-0.3, -0.25) is 0 Å². The molecule has 1 aromatic rings. The lowest BCUT2D eigenvalue weighted by atomic mass is 10.6. The zero-order valence-electron chi connectivity index (χ0n) is 9.24. The summed E-state index contributed by atoms with van der Waals surface area (Å²) >= 11 is 0. The number of rotatable bonds is 4. The molecular weight excluding hydrogens is 228 g/mol. The van der Waals surface area contributed by atoms with Crippen LogP contribution in [0.4, 0.5) is 0 Å². The minimum absolute atomic E-state index is 0.604. The quantitative estimate of drug-likeness (QED) is 0.435. The van der Waals surface area contributed by atoms with Crippen LogP contribution >= 0.6 is 0 Å². The van der Waals surface area contributed by atoms with Gasteiger partial charge in [0.1, 0.15) is 25.5 Å². The van der Waals surface area contributed by atoms with E-state index in [0.29, 0.717) is 6.26 Å². The zero-order valence-corrected chi connectivity index (χ0v) is 10.1. The van der Waals surface area contributed by atoms with Crippen LogP contribution in [0.1, 0.15) is 0 Å². The summed E-state index contributed by atoms with van der Waals surface area (Å²) in [6, 6.07) is 0. The van der Waals surface area contributed by atoms with Gasteiger partial charge in [0.2, 0.25) is 6.33 Å². The fraction of sp³-hybridized carbons (Fsp3) is 0.300. The molecule has 0 atom stereocenters. The topological polar surface area (TPSA) is 66.0 Å². The van der Waals surface area contributed by atoms with E-state index in [-0.39, 0.29) is 0 Å². The van der Waals surface area contributed by atoms with Crippen LogP contribution < -0.4 is 4.57 Å². The fourth-order valence-electron chi connectivity index (χ4n) is 0.953. The molecule has 0 unspecified atom stereocenters. The summed E-state index contributed by atoms with van der Waals surface area (Å²) in [5, 5.41) is 0. The van der Waals surface area contributed by atoms with E-state index in [0.717, 1.165) is 13.1 Å². The van der Waals surface area contributed by atoms with Crippen molar-refractivity contribution in [1.82, 2.24) is 4.57 Å². The third-order valence-corrected chi connectivity index (χ3v) is 1.43. The molecule has 0 aliphatic carbocycles. The Hall–Kier alpha value is -1.40. The van der Waals surface area contributed by atoms with Gasteiger partial charge >= 0.3 is 0 Å². The molecule has 5 nitrogen and oxygen atoms in total. The molecule has 0 fully saturated rings. The summed E-state index contributed by atoms with van der Waals surface area (Å²) in [6.45, 7) is 9.05. The molecule has 16 heavy (non-hydrogen) atoms. The minimum Gasteiger partial charge on any atom is -0.748 e. The Balaban J connectivity index is 0.000000385. The SMILES string of the molecule is C=CCn1cc[n+](CC=C)c1.CS(=O)(=O)[O-]. The number of imidazole rings is 1. The molecule has 1 rings (SSSR count). The van der Waals surface area contributed by atoms with Gasteiger partial charge in [-0.25, -0.2) is 17.6 Å². The second-order valence-electron chi connectivity index (χ2n) is 3.09. The van der Waals surface area contributed by atoms with Gasteiger partial charge in [0.25, 0.3) is 0 Å². The summed E-state index contributed by atoms with van der Waals surface area (Å²) in [5.74, 6) is 0. The van der Waals surface area contributed by atoms with Gasteiger partial charge in [-0.05, 0) is 0 Å². The zero-order chi connectivity index (χ0) is 12.6. The lowest BCUT2D eigenvalue weighted by molar-refractivity contribution is -0.686. The van der Waals surface area contributed by atoms with Crippen molar-refractivity contribution in [3.63, 3.8) is 0 Å². The van der Waals surface area contributed by atoms with E-state index in [4.69, 9.17) is 13.0 Å². The molecule has 0 aromatic carbocycles. The second-order valence-corrected chi connectivity index (χ2v) is 4.50. The van der Waals surface area contributed by atoms with E-state index in [1.807, 2.05) is 30.9 Å². The average Bonchev–Trinajstić information content (AvgIpc) is 2.51. The molecule has 0 aliphatic heterocycles. The Kier molecular flexibility index (Phi) is 6.36. The Morgan fingerprint density at radius 3 is 2.44 bits per heavy atom. The number of allylic oxidation sites excluding steroid dienone is 2. The van der Waals surface area contributed by atoms with Crippen LogP contribution in [0.5, 0.6) is 0 Å². The molecule has 0 amide bonds. The van der Waals surface area contributed by atoms with Gasteiger partial charge in [0.15, 0.2) is 0 Å². The minimum atomic E-state index is -3.92. The summed E-state index contributed by atoms with van der Waals surface area (Å²) in [7, 11) is -3.92. The maximum absolute atomic E-state index is 9.08. The first kappa shape index (κ1) is 14.6. The van der Waals surface area contributed by atoms with E-state index in [2.05, 4.69) is 22.3 Å². The highest BCUT2D eigenvalue weighted by atomic mass is 32.2. The molecule has 0 bridgehead atoms. The van der Waals surface area contributed by atoms with Crippen LogP contribution in [-0.2, 0) is 23.2 Å². The van der Waals surface area contributed by atoms with Crippen molar-refractivity contribution in [2.24, 2.45) is 0 Å². The van der Waals surface area contributed by atoms with Gasteiger partial charge in [0.05, 0.1) is 10.1 Å². The molecule has 1 aromatic heterocycles. The fourth-order valence-corrected chi connectivity index (χ4v) is 0.953. The summed E-state index contributed by atoms with van der Waals surface area (Å²) < 4.78 is 31.4. The third kappa shape index (κ3) is 9.17. The van der Waals surface area contributed by atoms with Crippen molar-refractivity contribution in [1.29, 1.82) is 0 Å². The average molecular weight is 244 g/mol. The molecule has 0 spiro atoms. The first-order valence-electron chi connectivity index (χ1n) is 4.54. The number of hydrogen-bond acceptors (Lipinski definition) is 3. The highest BCUT2D eigenvalue weighted by Gasteiger charge is 1.97. The van der Waals surface area contributed by atoms with Crippen LogP contribution in [0, 0.1) is 0 Å². The van der Waals surface area contributed by atoms with E-state index in [1.165, 1.54) is 0 Å². The van der Waals surface area contributed by atoms with Crippen LogP contribution in [0.25, 0.3) is 0 Å². The molecule has 0 aliphatic rings. The Labute approximate surface area is 96.1 Å². The van der Waals surface area contributed by atoms with Crippen molar-refractivity contribution in [2.75, 3.05) is 6.26 Å². The Bertz CT molecular complexity index is 402. The van der Waals surface area contributed by atoms with Crippen LogP contribution in [-0.4, -0.2) is 23.8 Å². The number of aromatic nitrogens is 2. The standard InChI is InChI=1S/C9H13N2.CH4O3S/c1-3-5-10-7-8-11(9-10)6-4-2;1-5(2,3)4/h3-4,7-9H,1-2,5-6H2;1H3,(H,2,3,4)/q+1;/p-1. The Morgan fingerprint density at radius 1 is 1.44 bits per heavy atom. The lowest BCUT2D eigenvalue weighted by Crippen LogP contribution is -2.29. The van der Waals surface area contributed by atoms with Crippen molar-refractivity contribution < 1.29 is 17.5 Å². The molecule has 90 valence electrons. The van der Waals surface area contributed by atoms with Crippen LogP contribution in [0.3, 0.4) is 0 Å². The van der Waals surface area contributed by atoms with Crippen molar-refractivity contribution >= 4 is 10.1 Å². The van der Waals surface area contributed by atoms with E-state index in [1.54, 1.807) is 0 Å². The summed E-state index contributed by atoms with van der Waals surface area (Å²) in [4.78, 5) is 0. The number of hydrogen-bond donors (Lipinski definition) is 0. The normalized spacial score (nSPS) is 10.1. The van der Waals surface area contributed by atoms with Gasteiger partial charge < -0.3 is 4.55 Å². The maximum Gasteiger partial charge on any atom is 0.244 e. The van der Waals surface area contributed by atoms with E-state index in [9.17, 15) is 0 Å². The lowest BCUT2D eigenvalue weighted by Gasteiger charge is -1.90. The molecule has 0 saturated heterocycles. The predicted octanol–water partition coefficient (Wildman–Crippen LogP) is 0.309. The van der Waals surface area contributed by atoms with Gasteiger partial charge in [-0.1, -0.05) is 25.3 Å². The summed E-state index contributed by atoms with van der Waals surface area (Å²) in [6.07, 6.45) is 10.4. The monoisotopic (exact) mass is 244 g/mol. The van der Waals surface area contributed by atoms with Gasteiger partial charge in [-0.15, -0.1) is 0 Å². The first-order valence-corrected chi connectivity index (χ1v) is 6.36. The molecular formula is C10H16N2O3S. The molecule has 0 saturated carbocycles. The Morgan fingerprint density at radius 2 is 2.00 bits per heavy atom. The largest absolute Gasteiger partial charge is 0.748 e. The first-order chi connectivity index (χ1) is 7.36. The predicted molar refractivity (Wildman–Crippen MR) is 60.6 cm³/mol. The molecule has 1 heterocycles. The smallest absolute Gasteiger partial charge is 0.244 e. The van der Waals surface area contributed by atoms with Crippen LogP contribution in [0.15, 0.2) is 44.0 Å². The van der Waals surface area contributed by atoms with Gasteiger partial charge in [0, 0.05) is 6.26 Å². The molecule has 6 heteroatoms. The van der Waals surface area contributed by atoms with Crippen LogP contribution in [0.2, 0.25) is 0 Å². The molecule has 0 N–H and O–H groups in total. The second kappa shape index (κ2) is 6.97.